The van der Waals surface area contributed by atoms with E-state index >= 15 is 0 Å². The van der Waals surface area contributed by atoms with Crippen LogP contribution in [0.15, 0.2) is 24.3 Å². The van der Waals surface area contributed by atoms with Crippen molar-refractivity contribution in [3.05, 3.63) is 29.8 Å². The maximum Gasteiger partial charge on any atom is 0.488 e. The largest absolute Gasteiger partial charge is 0.488 e. The molecule has 2 nitrogen and oxygen atoms in total. The molecule has 0 atom stereocenters. The van der Waals surface area contributed by atoms with Gasteiger partial charge in [0.2, 0.25) is 0 Å². The Hall–Kier alpha value is -0.730. The molecule has 54 valence electrons. The Labute approximate surface area is 67.4 Å². The summed E-state index contributed by atoms with van der Waals surface area (Å²) in [5.41, 5.74) is 1.38. The minimum absolute atomic E-state index is 0.417. The molecule has 1 rings (SSSR count). The van der Waals surface area contributed by atoms with E-state index in [0.29, 0.717) is 11.8 Å². The van der Waals surface area contributed by atoms with Gasteiger partial charge in [-0.3, -0.25) is 0 Å². The average Bonchev–Trinajstić information content (AvgIpc) is 2.05. The quantitative estimate of drug-likeness (QED) is 0.527. The summed E-state index contributed by atoms with van der Waals surface area (Å²) in [6.45, 7) is 0. The fourth-order valence-corrected chi connectivity index (χ4v) is 0.881. The van der Waals surface area contributed by atoms with Crippen LogP contribution in [0.25, 0.3) is 0 Å². The summed E-state index contributed by atoms with van der Waals surface area (Å²) in [5.74, 6) is 0. The lowest BCUT2D eigenvalue weighted by molar-refractivity contribution is 0.425. The summed E-state index contributed by atoms with van der Waals surface area (Å²) < 4.78 is 0. The van der Waals surface area contributed by atoms with Crippen molar-refractivity contribution in [2.45, 2.75) is 6.32 Å². The van der Waals surface area contributed by atoms with Gasteiger partial charge in [-0.25, -0.2) is 0 Å². The molecule has 0 aliphatic rings. The van der Waals surface area contributed by atoms with E-state index in [1.165, 1.54) is 0 Å². The van der Waals surface area contributed by atoms with Crippen molar-refractivity contribution in [3.63, 3.8) is 0 Å². The molecule has 0 bridgehead atoms. The van der Waals surface area contributed by atoms with Gasteiger partial charge < -0.3 is 10.0 Å². The van der Waals surface area contributed by atoms with E-state index < -0.39 is 7.12 Å². The van der Waals surface area contributed by atoms with E-state index in [-0.39, 0.29) is 0 Å². The monoisotopic (exact) mass is 146 g/mol. The highest BCUT2D eigenvalue weighted by atomic mass is 16.4. The molecule has 4 heteroatoms. The molecule has 0 amide bonds. The standard InChI is InChI=1S/C7H8B2O2/c8-5-6-2-1-3-7(4-6)9(10)11/h1-4,10-11H,5H2. The fourth-order valence-electron chi connectivity index (χ4n) is 0.881. The van der Waals surface area contributed by atoms with Gasteiger partial charge in [-0.15, -0.1) is 0 Å². The molecular weight excluding hydrogens is 138 g/mol. The Morgan fingerprint density at radius 2 is 2.09 bits per heavy atom. The highest BCUT2D eigenvalue weighted by Crippen LogP contribution is 1.95. The second-order valence-electron chi connectivity index (χ2n) is 2.32. The first-order chi connectivity index (χ1) is 5.24. The zero-order valence-electron chi connectivity index (χ0n) is 6.07. The maximum absolute atomic E-state index is 8.76. The normalized spacial score (nSPS) is 9.64. The molecule has 0 saturated carbocycles. The zero-order valence-corrected chi connectivity index (χ0v) is 6.07. The third kappa shape index (κ3) is 2.10. The molecule has 2 radical (unpaired) electrons. The molecule has 2 N–H and O–H groups in total. The van der Waals surface area contributed by atoms with Crippen LogP contribution in [0.2, 0.25) is 0 Å². The van der Waals surface area contributed by atoms with Crippen molar-refractivity contribution in [2.24, 2.45) is 0 Å². The van der Waals surface area contributed by atoms with E-state index in [1.54, 1.807) is 18.2 Å². The maximum atomic E-state index is 8.76. The lowest BCUT2D eigenvalue weighted by Crippen LogP contribution is -2.29. The smallest absolute Gasteiger partial charge is 0.423 e. The van der Waals surface area contributed by atoms with Crippen molar-refractivity contribution in [3.8, 4) is 0 Å². The SMILES string of the molecule is [B]Cc1cccc(B(O)O)c1. The molecule has 0 aliphatic carbocycles. The second kappa shape index (κ2) is 3.60. The molecule has 11 heavy (non-hydrogen) atoms. The molecule has 0 spiro atoms. The van der Waals surface area contributed by atoms with Gasteiger partial charge in [-0.05, 0) is 5.46 Å². The second-order valence-corrected chi connectivity index (χ2v) is 2.32. The summed E-state index contributed by atoms with van der Waals surface area (Å²) in [4.78, 5) is 0. The van der Waals surface area contributed by atoms with Gasteiger partial charge in [0.05, 0.1) is 7.85 Å². The van der Waals surface area contributed by atoms with Gasteiger partial charge in [-0.2, -0.15) is 0 Å². The van der Waals surface area contributed by atoms with E-state index in [4.69, 9.17) is 17.9 Å². The molecule has 0 aliphatic heterocycles. The summed E-state index contributed by atoms with van der Waals surface area (Å²) in [6.07, 6.45) is 0.417. The molecule has 0 fully saturated rings. The first-order valence-electron chi connectivity index (χ1n) is 3.39. The van der Waals surface area contributed by atoms with Crippen LogP contribution < -0.4 is 5.46 Å². The van der Waals surface area contributed by atoms with Gasteiger partial charge in [0.15, 0.2) is 0 Å². The van der Waals surface area contributed by atoms with Crippen LogP contribution >= 0.6 is 0 Å². The number of benzene rings is 1. The van der Waals surface area contributed by atoms with Gasteiger partial charge in [-0.1, -0.05) is 36.1 Å². The Bertz CT molecular complexity index is 238. The van der Waals surface area contributed by atoms with E-state index in [2.05, 4.69) is 0 Å². The molecule has 0 saturated heterocycles. The number of rotatable bonds is 2. The zero-order chi connectivity index (χ0) is 8.27. The third-order valence-corrected chi connectivity index (χ3v) is 1.48. The average molecular weight is 146 g/mol. The van der Waals surface area contributed by atoms with E-state index in [1.807, 2.05) is 6.07 Å². The van der Waals surface area contributed by atoms with Gasteiger partial charge in [0.1, 0.15) is 0 Å². The predicted molar refractivity (Wildman–Crippen MR) is 45.7 cm³/mol. The summed E-state index contributed by atoms with van der Waals surface area (Å²) in [7, 11) is 3.95. The molecule has 1 aromatic carbocycles. The summed E-state index contributed by atoms with van der Waals surface area (Å²) in [6, 6.07) is 6.90. The molecule has 0 unspecified atom stereocenters. The Kier molecular flexibility index (Phi) is 2.74. The minimum Gasteiger partial charge on any atom is -0.423 e. The Morgan fingerprint density at radius 3 is 2.64 bits per heavy atom. The lowest BCUT2D eigenvalue weighted by Gasteiger charge is -2.00. The van der Waals surface area contributed by atoms with Crippen LogP contribution in [0.1, 0.15) is 5.56 Å². The van der Waals surface area contributed by atoms with Crippen LogP contribution in [0.5, 0.6) is 0 Å². The Morgan fingerprint density at radius 1 is 1.36 bits per heavy atom. The number of hydrogen-bond donors (Lipinski definition) is 2. The summed E-state index contributed by atoms with van der Waals surface area (Å²) >= 11 is 0. The topological polar surface area (TPSA) is 40.5 Å². The van der Waals surface area contributed by atoms with Gasteiger partial charge in [0, 0.05) is 0 Å². The Balaban J connectivity index is 2.91. The summed E-state index contributed by atoms with van der Waals surface area (Å²) in [5, 5.41) is 17.5. The van der Waals surface area contributed by atoms with Crippen molar-refractivity contribution < 1.29 is 10.0 Å². The minimum atomic E-state index is -1.40. The van der Waals surface area contributed by atoms with Crippen LogP contribution in [-0.2, 0) is 6.32 Å². The van der Waals surface area contributed by atoms with E-state index in [0.717, 1.165) is 5.56 Å². The first-order valence-corrected chi connectivity index (χ1v) is 3.39. The molecular formula is C7H8B2O2. The predicted octanol–water partition coefficient (Wildman–Crippen LogP) is -0.965. The van der Waals surface area contributed by atoms with Crippen LogP contribution in [0.3, 0.4) is 0 Å². The van der Waals surface area contributed by atoms with E-state index in [9.17, 15) is 0 Å². The van der Waals surface area contributed by atoms with Crippen molar-refractivity contribution in [1.29, 1.82) is 0 Å². The van der Waals surface area contributed by atoms with Gasteiger partial charge in [0.25, 0.3) is 0 Å². The van der Waals surface area contributed by atoms with Gasteiger partial charge >= 0.3 is 7.12 Å². The van der Waals surface area contributed by atoms with Crippen molar-refractivity contribution in [2.75, 3.05) is 0 Å². The van der Waals surface area contributed by atoms with Crippen LogP contribution in [0, 0.1) is 0 Å². The fraction of sp³-hybridized carbons (Fsp3) is 0.143. The number of hydrogen-bond acceptors (Lipinski definition) is 2. The molecule has 1 aromatic rings. The lowest BCUT2D eigenvalue weighted by atomic mass is 9.78. The van der Waals surface area contributed by atoms with Crippen molar-refractivity contribution in [1.82, 2.24) is 0 Å². The third-order valence-electron chi connectivity index (χ3n) is 1.48. The van der Waals surface area contributed by atoms with Crippen LogP contribution in [0.4, 0.5) is 0 Å². The highest BCUT2D eigenvalue weighted by Gasteiger charge is 2.09. The van der Waals surface area contributed by atoms with Crippen molar-refractivity contribution >= 4 is 20.4 Å². The molecule has 0 aromatic heterocycles. The highest BCUT2D eigenvalue weighted by molar-refractivity contribution is 6.58. The molecule has 0 heterocycles. The first kappa shape index (κ1) is 8.37. The van der Waals surface area contributed by atoms with Crippen LogP contribution in [-0.4, -0.2) is 25.0 Å².